The third-order valence-electron chi connectivity index (χ3n) is 12.6. The maximum atomic E-state index is 5.08. The quantitative estimate of drug-likeness (QED) is 0.133. The number of aromatic nitrogens is 4. The minimum absolute atomic E-state index is 0.0893. The van der Waals surface area contributed by atoms with Crippen LogP contribution in [0.3, 0.4) is 0 Å². The molecule has 5 heteroatoms. The third-order valence-corrected chi connectivity index (χ3v) is 12.6. The van der Waals surface area contributed by atoms with Gasteiger partial charge in [0, 0.05) is 38.8 Å². The molecule has 1 unspecified atom stereocenters. The van der Waals surface area contributed by atoms with E-state index >= 15 is 0 Å². The summed E-state index contributed by atoms with van der Waals surface area (Å²) < 4.78 is 2.38. The topological polar surface area (TPSA) is 55.6 Å². The SMILES string of the molecule is C=C(NC(/C=C(\C)c1ccccc1)c1ccccc1)c1cccc(-c2cccc3c2c2cc(-c4ccccc4)ccc2n3-c2cccc(-c3nc(-c4ccccc4)nc(-c4ccccc4)n3)c2)c1. The standard InChI is InChI=1S/C63H47N5/c1-43(45-21-8-3-9-22-45)39-57(47-25-12-5-13-26-47)64-44(2)50-31-18-32-52(40-50)55-35-20-36-59-60(55)56-42-51(46-23-10-4-11-24-46)37-38-58(56)68(59)54-34-19-33-53(41-54)63-66-61(48-27-14-6-15-28-48)65-62(67-63)49-29-16-7-17-30-49/h3-42,57,64H,2H2,1H3/b43-39+. The fraction of sp³-hybridized carbons (Fsp3) is 0.0317. The van der Waals surface area contributed by atoms with Gasteiger partial charge in [-0.3, -0.25) is 0 Å². The van der Waals surface area contributed by atoms with Crippen molar-refractivity contribution in [3.05, 3.63) is 266 Å². The third kappa shape index (κ3) is 8.41. The monoisotopic (exact) mass is 873 g/mol. The average Bonchev–Trinajstić information content (AvgIpc) is 3.76. The molecule has 11 aromatic rings. The van der Waals surface area contributed by atoms with E-state index in [2.05, 4.69) is 205 Å². The van der Waals surface area contributed by atoms with Gasteiger partial charge in [0.25, 0.3) is 0 Å². The van der Waals surface area contributed by atoms with Gasteiger partial charge in [-0.1, -0.05) is 213 Å². The molecule has 2 aromatic heterocycles. The van der Waals surface area contributed by atoms with Crippen LogP contribution in [0.2, 0.25) is 0 Å². The molecule has 0 saturated carbocycles. The molecule has 0 spiro atoms. The summed E-state index contributed by atoms with van der Waals surface area (Å²) >= 11 is 0. The molecule has 5 nitrogen and oxygen atoms in total. The Kier molecular flexibility index (Phi) is 11.4. The van der Waals surface area contributed by atoms with Gasteiger partial charge in [0.15, 0.2) is 17.5 Å². The number of nitrogens with zero attached hydrogens (tertiary/aromatic N) is 4. The number of rotatable bonds is 12. The van der Waals surface area contributed by atoms with E-state index in [9.17, 15) is 0 Å². The van der Waals surface area contributed by atoms with E-state index in [4.69, 9.17) is 15.0 Å². The van der Waals surface area contributed by atoms with Crippen LogP contribution < -0.4 is 5.32 Å². The van der Waals surface area contributed by atoms with Gasteiger partial charge in [0.05, 0.1) is 17.1 Å². The first-order valence-corrected chi connectivity index (χ1v) is 23.0. The van der Waals surface area contributed by atoms with Gasteiger partial charge in [-0.25, -0.2) is 15.0 Å². The van der Waals surface area contributed by atoms with Crippen LogP contribution in [0.5, 0.6) is 0 Å². The molecule has 1 atom stereocenters. The number of nitrogens with one attached hydrogen (secondary N) is 1. The van der Waals surface area contributed by atoms with Gasteiger partial charge in [-0.15, -0.1) is 0 Å². The summed E-state index contributed by atoms with van der Waals surface area (Å²) in [5.41, 5.74) is 16.0. The first-order valence-electron chi connectivity index (χ1n) is 23.0. The van der Waals surface area contributed by atoms with Crippen molar-refractivity contribution in [1.82, 2.24) is 24.8 Å². The predicted octanol–water partition coefficient (Wildman–Crippen LogP) is 15.7. The smallest absolute Gasteiger partial charge is 0.164 e. The lowest BCUT2D eigenvalue weighted by atomic mass is 9.95. The van der Waals surface area contributed by atoms with Crippen molar-refractivity contribution < 1.29 is 0 Å². The van der Waals surface area contributed by atoms with Crippen LogP contribution >= 0.6 is 0 Å². The van der Waals surface area contributed by atoms with Crippen LogP contribution in [-0.4, -0.2) is 19.5 Å². The van der Waals surface area contributed by atoms with Crippen molar-refractivity contribution >= 4 is 33.1 Å². The van der Waals surface area contributed by atoms with Gasteiger partial charge in [0.2, 0.25) is 0 Å². The molecular formula is C63H47N5. The highest BCUT2D eigenvalue weighted by atomic mass is 15.0. The molecule has 2 heterocycles. The Hall–Kier alpha value is -8.93. The molecule has 324 valence electrons. The first-order chi connectivity index (χ1) is 33.5. The summed E-state index contributed by atoms with van der Waals surface area (Å²) in [5.74, 6) is 1.87. The van der Waals surface area contributed by atoms with E-state index in [1.165, 1.54) is 27.6 Å². The minimum Gasteiger partial charge on any atom is -0.375 e. The highest BCUT2D eigenvalue weighted by Crippen LogP contribution is 2.41. The van der Waals surface area contributed by atoms with Gasteiger partial charge in [0.1, 0.15) is 0 Å². The Morgan fingerprint density at radius 2 is 0.985 bits per heavy atom. The summed E-state index contributed by atoms with van der Waals surface area (Å²) in [6, 6.07) is 82.6. The van der Waals surface area contributed by atoms with E-state index in [0.29, 0.717) is 17.5 Å². The zero-order valence-electron chi connectivity index (χ0n) is 37.7. The first kappa shape index (κ1) is 41.8. The van der Waals surface area contributed by atoms with Gasteiger partial charge < -0.3 is 9.88 Å². The molecule has 1 N–H and O–H groups in total. The highest BCUT2D eigenvalue weighted by molar-refractivity contribution is 6.16. The van der Waals surface area contributed by atoms with Crippen LogP contribution in [0.25, 0.3) is 95.2 Å². The molecule has 11 rings (SSSR count). The number of fused-ring (bicyclic) bond motifs is 3. The van der Waals surface area contributed by atoms with E-state index < -0.39 is 0 Å². The molecule has 0 radical (unpaired) electrons. The molecule has 0 amide bonds. The molecule has 0 aliphatic carbocycles. The second-order valence-corrected chi connectivity index (χ2v) is 17.0. The zero-order chi connectivity index (χ0) is 45.8. The maximum absolute atomic E-state index is 5.08. The van der Waals surface area contributed by atoms with Crippen molar-refractivity contribution in [1.29, 1.82) is 0 Å². The molecule has 0 saturated heterocycles. The van der Waals surface area contributed by atoms with Crippen molar-refractivity contribution in [2.45, 2.75) is 13.0 Å². The van der Waals surface area contributed by atoms with Crippen molar-refractivity contribution in [2.75, 3.05) is 0 Å². The van der Waals surface area contributed by atoms with Crippen LogP contribution in [0, 0.1) is 0 Å². The van der Waals surface area contributed by atoms with Crippen molar-refractivity contribution in [3.8, 4) is 62.1 Å². The highest BCUT2D eigenvalue weighted by Gasteiger charge is 2.20. The molecule has 0 fully saturated rings. The molecule has 0 bridgehead atoms. The van der Waals surface area contributed by atoms with Crippen molar-refractivity contribution in [3.63, 3.8) is 0 Å². The summed E-state index contributed by atoms with van der Waals surface area (Å²) in [7, 11) is 0. The number of allylic oxidation sites excluding steroid dienone is 1. The van der Waals surface area contributed by atoms with Crippen LogP contribution in [-0.2, 0) is 0 Å². The second kappa shape index (κ2) is 18.5. The van der Waals surface area contributed by atoms with E-state index in [0.717, 1.165) is 66.7 Å². The van der Waals surface area contributed by atoms with Crippen LogP contribution in [0.15, 0.2) is 249 Å². The number of benzene rings is 9. The summed E-state index contributed by atoms with van der Waals surface area (Å²) in [4.78, 5) is 15.1. The zero-order valence-corrected chi connectivity index (χ0v) is 37.7. The fourth-order valence-corrected chi connectivity index (χ4v) is 9.20. The summed E-state index contributed by atoms with van der Waals surface area (Å²) in [6.45, 7) is 6.80. The molecule has 0 aliphatic rings. The summed E-state index contributed by atoms with van der Waals surface area (Å²) in [6.07, 6.45) is 2.29. The molecular weight excluding hydrogens is 827 g/mol. The number of hydrogen-bond donors (Lipinski definition) is 1. The molecule has 68 heavy (non-hydrogen) atoms. The van der Waals surface area contributed by atoms with Gasteiger partial charge >= 0.3 is 0 Å². The Morgan fingerprint density at radius 1 is 0.456 bits per heavy atom. The van der Waals surface area contributed by atoms with Crippen molar-refractivity contribution in [2.24, 2.45) is 0 Å². The number of hydrogen-bond acceptors (Lipinski definition) is 4. The average molecular weight is 874 g/mol. The fourth-order valence-electron chi connectivity index (χ4n) is 9.20. The largest absolute Gasteiger partial charge is 0.375 e. The molecule has 0 aliphatic heterocycles. The normalized spacial score (nSPS) is 12.0. The van der Waals surface area contributed by atoms with E-state index in [1.807, 2.05) is 60.7 Å². The lowest BCUT2D eigenvalue weighted by Crippen LogP contribution is -2.18. The Labute approximate surface area is 397 Å². The lowest BCUT2D eigenvalue weighted by molar-refractivity contribution is 0.774. The Bertz CT molecular complexity index is 3540. The van der Waals surface area contributed by atoms with E-state index in [-0.39, 0.29) is 6.04 Å². The van der Waals surface area contributed by atoms with Crippen LogP contribution in [0.1, 0.15) is 29.7 Å². The minimum atomic E-state index is -0.0893. The second-order valence-electron chi connectivity index (χ2n) is 17.0. The van der Waals surface area contributed by atoms with Gasteiger partial charge in [-0.2, -0.15) is 0 Å². The summed E-state index contributed by atoms with van der Waals surface area (Å²) in [5, 5.41) is 6.13. The van der Waals surface area contributed by atoms with Gasteiger partial charge in [-0.05, 0) is 87.8 Å². The van der Waals surface area contributed by atoms with E-state index in [1.54, 1.807) is 0 Å². The maximum Gasteiger partial charge on any atom is 0.164 e. The Morgan fingerprint density at radius 3 is 1.65 bits per heavy atom. The Balaban J connectivity index is 1.03. The molecule has 9 aromatic carbocycles. The predicted molar refractivity (Wildman–Crippen MR) is 283 cm³/mol. The van der Waals surface area contributed by atoms with Crippen LogP contribution in [0.4, 0.5) is 0 Å². The lowest BCUT2D eigenvalue weighted by Gasteiger charge is -2.21.